The van der Waals surface area contributed by atoms with Gasteiger partial charge in [-0.1, -0.05) is 24.3 Å². The van der Waals surface area contributed by atoms with Crippen LogP contribution in [0.1, 0.15) is 40.7 Å². The van der Waals surface area contributed by atoms with E-state index < -0.39 is 0 Å². The number of piperidine rings is 1. The number of aryl methyl sites for hydroxylation is 1. The van der Waals surface area contributed by atoms with Crippen molar-refractivity contribution in [1.29, 1.82) is 0 Å². The lowest BCUT2D eigenvalue weighted by Crippen LogP contribution is -2.40. The molecular weight excluding hydrogens is 317 g/mol. The first-order chi connectivity index (χ1) is 12.1. The summed E-state index contributed by atoms with van der Waals surface area (Å²) in [5.41, 5.74) is 1.94. The fraction of sp³-hybridized carbons (Fsp3) is 0.381. The summed E-state index contributed by atoms with van der Waals surface area (Å²) in [5, 5.41) is 9.83. The number of hydrogen-bond acceptors (Lipinski definition) is 2. The molecule has 1 atom stereocenters. The van der Waals surface area contributed by atoms with Crippen molar-refractivity contribution >= 4 is 5.91 Å². The van der Waals surface area contributed by atoms with Gasteiger partial charge in [-0.05, 0) is 62.3 Å². The Kier molecular flexibility index (Phi) is 5.37. The van der Waals surface area contributed by atoms with E-state index in [0.717, 1.165) is 31.4 Å². The van der Waals surface area contributed by atoms with Crippen LogP contribution in [0.3, 0.4) is 0 Å². The van der Waals surface area contributed by atoms with Crippen LogP contribution in [0.2, 0.25) is 0 Å². The summed E-state index contributed by atoms with van der Waals surface area (Å²) in [6.07, 6.45) is 3.61. The molecule has 1 heterocycles. The SMILES string of the molecule is Cc1c(O)cccc1C(=O)N1CCC[C@H](CCc2ccccc2F)C1. The summed E-state index contributed by atoms with van der Waals surface area (Å²) in [5.74, 6) is 0.361. The van der Waals surface area contributed by atoms with Gasteiger partial charge in [-0.3, -0.25) is 4.79 Å². The van der Waals surface area contributed by atoms with Gasteiger partial charge in [0.2, 0.25) is 0 Å². The summed E-state index contributed by atoms with van der Waals surface area (Å²) >= 11 is 0. The highest BCUT2D eigenvalue weighted by Gasteiger charge is 2.25. The highest BCUT2D eigenvalue weighted by Crippen LogP contribution is 2.26. The quantitative estimate of drug-likeness (QED) is 0.899. The van der Waals surface area contributed by atoms with Crippen LogP contribution < -0.4 is 0 Å². The maximum Gasteiger partial charge on any atom is 0.254 e. The molecule has 0 aliphatic carbocycles. The number of carbonyl (C=O) groups excluding carboxylic acids is 1. The predicted octanol–water partition coefficient (Wildman–Crippen LogP) is 4.32. The van der Waals surface area contributed by atoms with Crippen LogP contribution in [0.4, 0.5) is 4.39 Å². The Morgan fingerprint density at radius 3 is 2.84 bits per heavy atom. The average Bonchev–Trinajstić information content (AvgIpc) is 2.63. The van der Waals surface area contributed by atoms with Crippen molar-refractivity contribution in [3.8, 4) is 5.75 Å². The van der Waals surface area contributed by atoms with Gasteiger partial charge < -0.3 is 10.0 Å². The van der Waals surface area contributed by atoms with Gasteiger partial charge in [0.25, 0.3) is 5.91 Å². The van der Waals surface area contributed by atoms with Crippen LogP contribution in [-0.4, -0.2) is 29.0 Å². The first kappa shape index (κ1) is 17.5. The number of hydrogen-bond donors (Lipinski definition) is 1. The van der Waals surface area contributed by atoms with Crippen molar-refractivity contribution in [3.05, 3.63) is 65.0 Å². The van der Waals surface area contributed by atoms with Crippen LogP contribution in [0.15, 0.2) is 42.5 Å². The number of benzene rings is 2. The molecule has 0 unspecified atom stereocenters. The van der Waals surface area contributed by atoms with Crippen molar-refractivity contribution < 1.29 is 14.3 Å². The Morgan fingerprint density at radius 2 is 2.04 bits per heavy atom. The molecule has 25 heavy (non-hydrogen) atoms. The maximum absolute atomic E-state index is 13.8. The van der Waals surface area contributed by atoms with E-state index in [0.29, 0.717) is 30.0 Å². The molecule has 2 aromatic carbocycles. The minimum atomic E-state index is -0.151. The van der Waals surface area contributed by atoms with E-state index in [-0.39, 0.29) is 17.5 Å². The highest BCUT2D eigenvalue weighted by atomic mass is 19.1. The topological polar surface area (TPSA) is 40.5 Å². The van der Waals surface area contributed by atoms with E-state index in [1.807, 2.05) is 17.0 Å². The number of carbonyl (C=O) groups is 1. The molecule has 1 aliphatic rings. The molecule has 0 bridgehead atoms. The van der Waals surface area contributed by atoms with Crippen molar-refractivity contribution in [2.75, 3.05) is 13.1 Å². The van der Waals surface area contributed by atoms with E-state index in [9.17, 15) is 14.3 Å². The minimum Gasteiger partial charge on any atom is -0.508 e. The largest absolute Gasteiger partial charge is 0.508 e. The lowest BCUT2D eigenvalue weighted by atomic mass is 9.91. The molecule has 1 amide bonds. The number of aromatic hydroxyl groups is 1. The molecule has 0 radical (unpaired) electrons. The van der Waals surface area contributed by atoms with Crippen molar-refractivity contribution in [3.63, 3.8) is 0 Å². The molecule has 0 saturated carbocycles. The first-order valence-electron chi connectivity index (χ1n) is 8.87. The molecule has 2 aromatic rings. The van der Waals surface area contributed by atoms with E-state index in [1.54, 1.807) is 31.2 Å². The Bertz CT molecular complexity index is 759. The van der Waals surface area contributed by atoms with Gasteiger partial charge in [0, 0.05) is 24.2 Å². The lowest BCUT2D eigenvalue weighted by Gasteiger charge is -2.33. The van der Waals surface area contributed by atoms with Gasteiger partial charge in [0.1, 0.15) is 11.6 Å². The highest BCUT2D eigenvalue weighted by molar-refractivity contribution is 5.96. The monoisotopic (exact) mass is 341 g/mol. The number of rotatable bonds is 4. The Balaban J connectivity index is 1.64. The van der Waals surface area contributed by atoms with Gasteiger partial charge in [0.15, 0.2) is 0 Å². The standard InChI is InChI=1S/C21H24FNO2/c1-15-18(8-4-10-20(15)24)21(25)23-13-5-6-16(14-23)11-12-17-7-2-3-9-19(17)22/h2-4,7-10,16,24H,5-6,11-14H2,1H3/t16-/m1/s1. The van der Waals surface area contributed by atoms with Gasteiger partial charge >= 0.3 is 0 Å². The average molecular weight is 341 g/mol. The van der Waals surface area contributed by atoms with Crippen LogP contribution in [0.25, 0.3) is 0 Å². The van der Waals surface area contributed by atoms with Gasteiger partial charge in [-0.2, -0.15) is 0 Å². The Morgan fingerprint density at radius 1 is 1.24 bits per heavy atom. The predicted molar refractivity (Wildman–Crippen MR) is 96.2 cm³/mol. The zero-order valence-corrected chi connectivity index (χ0v) is 14.5. The molecule has 1 aliphatic heterocycles. The smallest absolute Gasteiger partial charge is 0.254 e. The lowest BCUT2D eigenvalue weighted by molar-refractivity contribution is 0.0667. The maximum atomic E-state index is 13.8. The second-order valence-electron chi connectivity index (χ2n) is 6.84. The summed E-state index contributed by atoms with van der Waals surface area (Å²) < 4.78 is 13.8. The fourth-order valence-electron chi connectivity index (χ4n) is 3.57. The second kappa shape index (κ2) is 7.68. The second-order valence-corrected chi connectivity index (χ2v) is 6.84. The van der Waals surface area contributed by atoms with E-state index in [2.05, 4.69) is 0 Å². The summed E-state index contributed by atoms with van der Waals surface area (Å²) in [7, 11) is 0. The molecule has 132 valence electrons. The number of amides is 1. The molecule has 1 saturated heterocycles. The van der Waals surface area contributed by atoms with Gasteiger partial charge in [0.05, 0.1) is 0 Å². The fourth-order valence-corrected chi connectivity index (χ4v) is 3.57. The van der Waals surface area contributed by atoms with Crippen molar-refractivity contribution in [1.82, 2.24) is 4.90 Å². The summed E-state index contributed by atoms with van der Waals surface area (Å²) in [6.45, 7) is 3.20. The van der Waals surface area contributed by atoms with Crippen molar-refractivity contribution in [2.24, 2.45) is 5.92 Å². The van der Waals surface area contributed by atoms with E-state index in [1.165, 1.54) is 6.07 Å². The van der Waals surface area contributed by atoms with Gasteiger partial charge in [-0.25, -0.2) is 4.39 Å². The summed E-state index contributed by atoms with van der Waals surface area (Å²) in [4.78, 5) is 14.7. The molecule has 1 fully saturated rings. The summed E-state index contributed by atoms with van der Waals surface area (Å²) in [6, 6.07) is 12.0. The molecular formula is C21H24FNO2. The van der Waals surface area contributed by atoms with Crippen LogP contribution in [-0.2, 0) is 6.42 Å². The molecule has 3 rings (SSSR count). The zero-order valence-electron chi connectivity index (χ0n) is 14.5. The van der Waals surface area contributed by atoms with Crippen LogP contribution in [0.5, 0.6) is 5.75 Å². The molecule has 0 spiro atoms. The van der Waals surface area contributed by atoms with Crippen molar-refractivity contribution in [2.45, 2.75) is 32.6 Å². The number of phenolic OH excluding ortho intramolecular Hbond substituents is 1. The molecule has 0 aromatic heterocycles. The van der Waals surface area contributed by atoms with Crippen LogP contribution in [0, 0.1) is 18.7 Å². The molecule has 3 nitrogen and oxygen atoms in total. The minimum absolute atomic E-state index is 0.0241. The van der Waals surface area contributed by atoms with Crippen LogP contribution >= 0.6 is 0 Å². The van der Waals surface area contributed by atoms with E-state index >= 15 is 0 Å². The number of phenols is 1. The Labute approximate surface area is 148 Å². The van der Waals surface area contributed by atoms with Gasteiger partial charge in [-0.15, -0.1) is 0 Å². The third kappa shape index (κ3) is 4.01. The number of nitrogens with zero attached hydrogens (tertiary/aromatic N) is 1. The number of likely N-dealkylation sites (tertiary alicyclic amines) is 1. The third-order valence-electron chi connectivity index (χ3n) is 5.12. The zero-order chi connectivity index (χ0) is 17.8. The van der Waals surface area contributed by atoms with E-state index in [4.69, 9.17) is 0 Å². The Hall–Kier alpha value is -2.36. The first-order valence-corrected chi connectivity index (χ1v) is 8.87. The third-order valence-corrected chi connectivity index (χ3v) is 5.12. The normalized spacial score (nSPS) is 17.5. The molecule has 1 N–H and O–H groups in total. The molecule has 4 heteroatoms. The number of halogens is 1.